The number of rotatable bonds is 8. The van der Waals surface area contributed by atoms with Gasteiger partial charge < -0.3 is 19.5 Å². The fourth-order valence-corrected chi connectivity index (χ4v) is 3.83. The third kappa shape index (κ3) is 5.03. The molecule has 0 heterocycles. The minimum absolute atomic E-state index is 0.136. The number of benzene rings is 2. The third-order valence-corrected chi connectivity index (χ3v) is 5.52. The standard InChI is InChI=1S/C24H31NO4/c1-5-22(29-20-11-10-17-8-6-7-9-18(17)14-20)24(26)25-16(2)21-15-19(27-3)12-13-23(21)28-4/h10-16,22H,5-9H2,1-4H3,(H,25,26)/t16-,22+/m0/s1. The Balaban J connectivity index is 1.70. The van der Waals surface area contributed by atoms with Gasteiger partial charge in [0.25, 0.3) is 5.91 Å². The van der Waals surface area contributed by atoms with Crippen LogP contribution in [-0.2, 0) is 17.6 Å². The molecule has 2 aromatic carbocycles. The van der Waals surface area contributed by atoms with E-state index in [0.29, 0.717) is 12.2 Å². The Kier molecular flexibility index (Phi) is 7.02. The lowest BCUT2D eigenvalue weighted by molar-refractivity contribution is -0.128. The number of methoxy groups -OCH3 is 2. The van der Waals surface area contributed by atoms with Crippen LogP contribution in [0, 0.1) is 0 Å². The summed E-state index contributed by atoms with van der Waals surface area (Å²) in [6, 6.07) is 11.5. The number of ether oxygens (including phenoxy) is 3. The van der Waals surface area contributed by atoms with Crippen molar-refractivity contribution in [3.63, 3.8) is 0 Å². The molecule has 5 nitrogen and oxygen atoms in total. The zero-order valence-electron chi connectivity index (χ0n) is 17.8. The van der Waals surface area contributed by atoms with E-state index in [9.17, 15) is 4.79 Å². The Morgan fingerprint density at radius 3 is 2.41 bits per heavy atom. The van der Waals surface area contributed by atoms with Gasteiger partial charge in [-0.05, 0) is 80.5 Å². The first kappa shape index (κ1) is 21.0. The highest BCUT2D eigenvalue weighted by molar-refractivity contribution is 5.81. The van der Waals surface area contributed by atoms with Crippen LogP contribution >= 0.6 is 0 Å². The van der Waals surface area contributed by atoms with Crippen LogP contribution in [0.4, 0.5) is 0 Å². The minimum Gasteiger partial charge on any atom is -0.497 e. The van der Waals surface area contributed by atoms with Gasteiger partial charge in [-0.15, -0.1) is 0 Å². The Morgan fingerprint density at radius 2 is 1.72 bits per heavy atom. The fourth-order valence-electron chi connectivity index (χ4n) is 3.83. The summed E-state index contributed by atoms with van der Waals surface area (Å²) in [4.78, 5) is 12.9. The van der Waals surface area contributed by atoms with E-state index in [1.165, 1.54) is 24.0 Å². The smallest absolute Gasteiger partial charge is 0.261 e. The number of nitrogens with one attached hydrogen (secondary N) is 1. The zero-order chi connectivity index (χ0) is 20.8. The van der Waals surface area contributed by atoms with Crippen LogP contribution < -0.4 is 19.5 Å². The summed E-state index contributed by atoms with van der Waals surface area (Å²) < 4.78 is 16.8. The molecular weight excluding hydrogens is 366 g/mol. The number of hydrogen-bond donors (Lipinski definition) is 1. The summed E-state index contributed by atoms with van der Waals surface area (Å²) in [7, 11) is 3.24. The van der Waals surface area contributed by atoms with Crippen molar-refractivity contribution in [3.8, 4) is 17.2 Å². The van der Waals surface area contributed by atoms with E-state index in [0.717, 1.165) is 29.9 Å². The van der Waals surface area contributed by atoms with E-state index in [1.807, 2.05) is 38.1 Å². The molecule has 156 valence electrons. The Bertz CT molecular complexity index is 849. The molecule has 0 aliphatic heterocycles. The zero-order valence-corrected chi connectivity index (χ0v) is 17.8. The minimum atomic E-state index is -0.546. The Hall–Kier alpha value is -2.69. The van der Waals surface area contributed by atoms with Gasteiger partial charge in [-0.3, -0.25) is 4.79 Å². The number of fused-ring (bicyclic) bond motifs is 1. The molecule has 1 N–H and O–H groups in total. The second-order valence-corrected chi connectivity index (χ2v) is 7.49. The van der Waals surface area contributed by atoms with Gasteiger partial charge in [0.15, 0.2) is 6.10 Å². The summed E-state index contributed by atoms with van der Waals surface area (Å²) in [5.74, 6) is 2.06. The highest BCUT2D eigenvalue weighted by atomic mass is 16.5. The van der Waals surface area contributed by atoms with Gasteiger partial charge in [0.1, 0.15) is 17.2 Å². The summed E-state index contributed by atoms with van der Waals surface area (Å²) in [5.41, 5.74) is 3.61. The van der Waals surface area contributed by atoms with E-state index in [-0.39, 0.29) is 11.9 Å². The van der Waals surface area contributed by atoms with Gasteiger partial charge in [0, 0.05) is 5.56 Å². The van der Waals surface area contributed by atoms with Crippen molar-refractivity contribution in [2.75, 3.05) is 14.2 Å². The molecular formula is C24H31NO4. The molecule has 2 aromatic rings. The lowest BCUT2D eigenvalue weighted by Crippen LogP contribution is -2.39. The summed E-state index contributed by atoms with van der Waals surface area (Å²) in [6.07, 6.45) is 4.73. The molecule has 0 saturated heterocycles. The van der Waals surface area contributed by atoms with Gasteiger partial charge in [-0.2, -0.15) is 0 Å². The predicted octanol–water partition coefficient (Wildman–Crippen LogP) is 4.62. The van der Waals surface area contributed by atoms with Crippen LogP contribution in [0.3, 0.4) is 0 Å². The summed E-state index contributed by atoms with van der Waals surface area (Å²) in [6.45, 7) is 3.89. The van der Waals surface area contributed by atoms with Crippen LogP contribution in [0.1, 0.15) is 55.8 Å². The Morgan fingerprint density at radius 1 is 1.00 bits per heavy atom. The normalized spacial score (nSPS) is 15.0. The fraction of sp³-hybridized carbons (Fsp3) is 0.458. The molecule has 0 aromatic heterocycles. The average molecular weight is 398 g/mol. The van der Waals surface area contributed by atoms with Crippen molar-refractivity contribution in [2.45, 2.75) is 58.1 Å². The Labute approximate surface area is 173 Å². The quantitative estimate of drug-likeness (QED) is 0.706. The van der Waals surface area contributed by atoms with Crippen molar-refractivity contribution in [1.29, 1.82) is 0 Å². The maximum Gasteiger partial charge on any atom is 0.261 e. The molecule has 0 radical (unpaired) electrons. The van der Waals surface area contributed by atoms with Gasteiger partial charge in [0.2, 0.25) is 0 Å². The third-order valence-electron chi connectivity index (χ3n) is 5.52. The van der Waals surface area contributed by atoms with E-state index >= 15 is 0 Å². The number of carbonyl (C=O) groups is 1. The van der Waals surface area contributed by atoms with Crippen molar-refractivity contribution >= 4 is 5.91 Å². The SMILES string of the molecule is CC[C@@H](Oc1ccc2c(c1)CCCC2)C(=O)N[C@@H](C)c1cc(OC)ccc1OC. The molecule has 1 amide bonds. The molecule has 29 heavy (non-hydrogen) atoms. The first-order valence-electron chi connectivity index (χ1n) is 10.4. The first-order valence-corrected chi connectivity index (χ1v) is 10.4. The molecule has 3 rings (SSSR count). The molecule has 1 aliphatic rings. The molecule has 0 fully saturated rings. The monoisotopic (exact) mass is 397 g/mol. The molecule has 0 spiro atoms. The largest absolute Gasteiger partial charge is 0.497 e. The van der Waals surface area contributed by atoms with E-state index in [1.54, 1.807) is 14.2 Å². The number of carbonyl (C=O) groups excluding carboxylic acids is 1. The van der Waals surface area contributed by atoms with Gasteiger partial charge in [-0.1, -0.05) is 13.0 Å². The maximum atomic E-state index is 12.9. The second kappa shape index (κ2) is 9.68. The molecule has 2 atom stereocenters. The lowest BCUT2D eigenvalue weighted by atomic mass is 9.92. The average Bonchev–Trinajstić information content (AvgIpc) is 2.76. The summed E-state index contributed by atoms with van der Waals surface area (Å²) in [5, 5.41) is 3.06. The van der Waals surface area contributed by atoms with Gasteiger partial charge in [-0.25, -0.2) is 0 Å². The van der Waals surface area contributed by atoms with Crippen molar-refractivity contribution in [2.24, 2.45) is 0 Å². The van der Waals surface area contributed by atoms with Crippen LogP contribution in [0.15, 0.2) is 36.4 Å². The van der Waals surface area contributed by atoms with E-state index < -0.39 is 6.10 Å². The van der Waals surface area contributed by atoms with E-state index in [4.69, 9.17) is 14.2 Å². The number of amides is 1. The lowest BCUT2D eigenvalue weighted by Gasteiger charge is -2.23. The summed E-state index contributed by atoms with van der Waals surface area (Å²) >= 11 is 0. The molecule has 1 aliphatic carbocycles. The van der Waals surface area contributed by atoms with Crippen molar-refractivity contribution in [1.82, 2.24) is 5.32 Å². The van der Waals surface area contributed by atoms with Crippen LogP contribution in [0.25, 0.3) is 0 Å². The van der Waals surface area contributed by atoms with Crippen LogP contribution in [0.2, 0.25) is 0 Å². The highest BCUT2D eigenvalue weighted by Crippen LogP contribution is 2.30. The van der Waals surface area contributed by atoms with Gasteiger partial charge >= 0.3 is 0 Å². The maximum absolute atomic E-state index is 12.9. The molecule has 0 saturated carbocycles. The topological polar surface area (TPSA) is 56.8 Å². The van der Waals surface area contributed by atoms with Crippen molar-refractivity contribution < 1.29 is 19.0 Å². The van der Waals surface area contributed by atoms with Gasteiger partial charge in [0.05, 0.1) is 20.3 Å². The molecule has 5 heteroatoms. The predicted molar refractivity (Wildman–Crippen MR) is 114 cm³/mol. The first-order chi connectivity index (χ1) is 14.0. The highest BCUT2D eigenvalue weighted by Gasteiger charge is 2.23. The second-order valence-electron chi connectivity index (χ2n) is 7.49. The van der Waals surface area contributed by atoms with Crippen LogP contribution in [-0.4, -0.2) is 26.2 Å². The molecule has 0 unspecified atom stereocenters. The van der Waals surface area contributed by atoms with Crippen LogP contribution in [0.5, 0.6) is 17.2 Å². The molecule has 0 bridgehead atoms. The number of hydrogen-bond acceptors (Lipinski definition) is 4. The van der Waals surface area contributed by atoms with E-state index in [2.05, 4.69) is 17.4 Å². The van der Waals surface area contributed by atoms with Crippen molar-refractivity contribution in [3.05, 3.63) is 53.1 Å². The number of aryl methyl sites for hydroxylation is 2.